The summed E-state index contributed by atoms with van der Waals surface area (Å²) in [7, 11) is 0. The van der Waals surface area contributed by atoms with E-state index in [0.717, 1.165) is 27.1 Å². The lowest BCUT2D eigenvalue weighted by Gasteiger charge is -2.12. The van der Waals surface area contributed by atoms with Gasteiger partial charge in [0.15, 0.2) is 0 Å². The molecule has 3 aromatic carbocycles. The maximum atomic E-state index is 11.7. The minimum atomic E-state index is -0.950. The smallest absolute Gasteiger partial charge is 0.336 e. The molecule has 0 unspecified atom stereocenters. The van der Waals surface area contributed by atoms with Gasteiger partial charge in [-0.25, -0.2) is 4.79 Å². The number of carboxylic acid groups (broad SMARTS) is 1. The molecule has 0 spiro atoms. The van der Waals surface area contributed by atoms with E-state index in [1.807, 2.05) is 42.5 Å². The van der Waals surface area contributed by atoms with Crippen molar-refractivity contribution < 1.29 is 9.90 Å². The highest BCUT2D eigenvalue weighted by Crippen LogP contribution is 2.31. The number of aromatic carboxylic acids is 1. The maximum absolute atomic E-state index is 11.7. The highest BCUT2D eigenvalue weighted by molar-refractivity contribution is 6.11. The number of carboxylic acids is 1. The van der Waals surface area contributed by atoms with Crippen LogP contribution in [0.5, 0.6) is 0 Å². The van der Waals surface area contributed by atoms with Gasteiger partial charge in [0, 0.05) is 0 Å². The summed E-state index contributed by atoms with van der Waals surface area (Å²) in [5, 5.41) is 13.3. The van der Waals surface area contributed by atoms with Gasteiger partial charge in [-0.1, -0.05) is 49.6 Å². The van der Waals surface area contributed by atoms with E-state index in [9.17, 15) is 9.90 Å². The first kappa shape index (κ1) is 13.1. The predicted octanol–water partition coefficient (Wildman–Crippen LogP) is 4.98. The van der Waals surface area contributed by atoms with E-state index in [1.54, 1.807) is 12.2 Å². The van der Waals surface area contributed by atoms with Crippen LogP contribution in [0.1, 0.15) is 21.5 Å². The van der Waals surface area contributed by atoms with Gasteiger partial charge in [0.05, 0.1) is 5.56 Å². The summed E-state index contributed by atoms with van der Waals surface area (Å²) in [6.45, 7) is 7.51. The molecule has 102 valence electrons. The quantitative estimate of drug-likeness (QED) is 0.684. The molecule has 2 nitrogen and oxygen atoms in total. The Bertz CT molecular complexity index is 904. The number of benzene rings is 3. The monoisotopic (exact) mass is 274 g/mol. The van der Waals surface area contributed by atoms with Crippen molar-refractivity contribution in [3.05, 3.63) is 72.3 Å². The second-order valence-electron chi connectivity index (χ2n) is 4.89. The molecule has 0 fully saturated rings. The van der Waals surface area contributed by atoms with Crippen molar-refractivity contribution in [2.75, 3.05) is 0 Å². The molecule has 0 aliphatic carbocycles. The minimum absolute atomic E-state index is 0.281. The average molecular weight is 274 g/mol. The van der Waals surface area contributed by atoms with Gasteiger partial charge in [-0.3, -0.25) is 0 Å². The van der Waals surface area contributed by atoms with Gasteiger partial charge in [0.25, 0.3) is 0 Å². The summed E-state index contributed by atoms with van der Waals surface area (Å²) < 4.78 is 0. The highest BCUT2D eigenvalue weighted by Gasteiger charge is 2.16. The van der Waals surface area contributed by atoms with E-state index in [0.29, 0.717) is 5.56 Å². The summed E-state index contributed by atoms with van der Waals surface area (Å²) in [6, 6.07) is 13.8. The molecule has 0 bridgehead atoms. The van der Waals surface area contributed by atoms with Gasteiger partial charge in [0.1, 0.15) is 0 Å². The zero-order valence-electron chi connectivity index (χ0n) is 11.5. The SMILES string of the molecule is C=Cc1cc2cc3ccccc3cc2c(C(=O)O)c1C=C. The Hall–Kier alpha value is -2.87. The summed E-state index contributed by atoms with van der Waals surface area (Å²) in [5.74, 6) is -0.950. The van der Waals surface area contributed by atoms with Gasteiger partial charge >= 0.3 is 5.97 Å². The zero-order valence-corrected chi connectivity index (χ0v) is 11.5. The zero-order chi connectivity index (χ0) is 15.0. The molecule has 0 heterocycles. The van der Waals surface area contributed by atoms with Crippen molar-refractivity contribution in [2.45, 2.75) is 0 Å². The van der Waals surface area contributed by atoms with E-state index in [4.69, 9.17) is 0 Å². The first-order chi connectivity index (χ1) is 10.2. The molecule has 0 radical (unpaired) electrons. The van der Waals surface area contributed by atoms with Crippen LogP contribution < -0.4 is 0 Å². The van der Waals surface area contributed by atoms with E-state index < -0.39 is 5.97 Å². The number of rotatable bonds is 3. The van der Waals surface area contributed by atoms with E-state index in [-0.39, 0.29) is 5.56 Å². The Morgan fingerprint density at radius 2 is 1.62 bits per heavy atom. The fraction of sp³-hybridized carbons (Fsp3) is 0. The average Bonchev–Trinajstić information content (AvgIpc) is 2.50. The van der Waals surface area contributed by atoms with Crippen molar-refractivity contribution >= 4 is 39.7 Å². The number of carbonyl (C=O) groups is 1. The molecule has 1 N–H and O–H groups in total. The predicted molar refractivity (Wildman–Crippen MR) is 88.6 cm³/mol. The molecule has 0 aromatic heterocycles. The van der Waals surface area contributed by atoms with Crippen LogP contribution in [0.4, 0.5) is 0 Å². The molecule has 0 atom stereocenters. The van der Waals surface area contributed by atoms with Crippen molar-refractivity contribution in [2.24, 2.45) is 0 Å². The van der Waals surface area contributed by atoms with Gasteiger partial charge in [-0.05, 0) is 50.9 Å². The van der Waals surface area contributed by atoms with Crippen LogP contribution in [0.15, 0.2) is 55.6 Å². The summed E-state index contributed by atoms with van der Waals surface area (Å²) in [6.07, 6.45) is 3.24. The maximum Gasteiger partial charge on any atom is 0.336 e. The van der Waals surface area contributed by atoms with Crippen molar-refractivity contribution in [1.82, 2.24) is 0 Å². The third-order valence-corrected chi connectivity index (χ3v) is 3.72. The van der Waals surface area contributed by atoms with Gasteiger partial charge in [-0.15, -0.1) is 0 Å². The Morgan fingerprint density at radius 3 is 2.19 bits per heavy atom. The molecule has 0 aliphatic rings. The van der Waals surface area contributed by atoms with Gasteiger partial charge in [0.2, 0.25) is 0 Å². The Kier molecular flexibility index (Phi) is 3.07. The second-order valence-corrected chi connectivity index (χ2v) is 4.89. The topological polar surface area (TPSA) is 37.3 Å². The Morgan fingerprint density at radius 1 is 0.952 bits per heavy atom. The van der Waals surface area contributed by atoms with Crippen LogP contribution in [0.2, 0.25) is 0 Å². The van der Waals surface area contributed by atoms with Crippen molar-refractivity contribution in [3.8, 4) is 0 Å². The third-order valence-electron chi connectivity index (χ3n) is 3.72. The number of fused-ring (bicyclic) bond motifs is 2. The summed E-state index contributed by atoms with van der Waals surface area (Å²) in [5.41, 5.74) is 1.67. The van der Waals surface area contributed by atoms with Gasteiger partial charge in [-0.2, -0.15) is 0 Å². The molecule has 3 aromatic rings. The molecule has 0 saturated carbocycles. The third kappa shape index (κ3) is 2.01. The number of hydrogen-bond acceptors (Lipinski definition) is 1. The largest absolute Gasteiger partial charge is 0.478 e. The van der Waals surface area contributed by atoms with Crippen molar-refractivity contribution in [1.29, 1.82) is 0 Å². The molecular weight excluding hydrogens is 260 g/mol. The fourth-order valence-electron chi connectivity index (χ4n) is 2.75. The molecular formula is C19H14O2. The highest BCUT2D eigenvalue weighted by atomic mass is 16.4. The lowest BCUT2D eigenvalue weighted by atomic mass is 9.92. The van der Waals surface area contributed by atoms with E-state index >= 15 is 0 Å². The van der Waals surface area contributed by atoms with Crippen LogP contribution >= 0.6 is 0 Å². The molecule has 3 rings (SSSR count). The van der Waals surface area contributed by atoms with Crippen LogP contribution in [-0.2, 0) is 0 Å². The number of hydrogen-bond donors (Lipinski definition) is 1. The lowest BCUT2D eigenvalue weighted by Crippen LogP contribution is -2.03. The van der Waals surface area contributed by atoms with E-state index in [1.165, 1.54) is 0 Å². The standard InChI is InChI=1S/C19H14O2/c1-3-12-9-15-10-13-7-5-6-8-14(13)11-17(15)18(19(20)21)16(12)4-2/h3-11H,1-2H2,(H,20,21). The van der Waals surface area contributed by atoms with Gasteiger partial charge < -0.3 is 5.11 Å². The lowest BCUT2D eigenvalue weighted by molar-refractivity contribution is 0.0699. The second kappa shape index (κ2) is 4.91. The summed E-state index contributed by atoms with van der Waals surface area (Å²) in [4.78, 5) is 11.7. The first-order valence-electron chi connectivity index (χ1n) is 6.63. The minimum Gasteiger partial charge on any atom is -0.478 e. The summed E-state index contributed by atoms with van der Waals surface area (Å²) >= 11 is 0. The Labute approximate surface area is 122 Å². The van der Waals surface area contributed by atoms with Crippen LogP contribution in [0.25, 0.3) is 33.7 Å². The molecule has 0 saturated heterocycles. The molecule has 0 aliphatic heterocycles. The first-order valence-corrected chi connectivity index (χ1v) is 6.63. The van der Waals surface area contributed by atoms with Crippen LogP contribution in [0.3, 0.4) is 0 Å². The van der Waals surface area contributed by atoms with Crippen LogP contribution in [0, 0.1) is 0 Å². The molecule has 21 heavy (non-hydrogen) atoms. The Balaban J connectivity index is 2.56. The fourth-order valence-corrected chi connectivity index (χ4v) is 2.75. The van der Waals surface area contributed by atoms with Crippen molar-refractivity contribution in [3.63, 3.8) is 0 Å². The van der Waals surface area contributed by atoms with Crippen LogP contribution in [-0.4, -0.2) is 11.1 Å². The normalized spacial score (nSPS) is 10.7. The molecule has 0 amide bonds. The van der Waals surface area contributed by atoms with E-state index in [2.05, 4.69) is 13.2 Å². The molecule has 2 heteroatoms.